The Bertz CT molecular complexity index is 1280. The number of hydrogen-bond acceptors (Lipinski definition) is 7. The van der Waals surface area contributed by atoms with Gasteiger partial charge in [0.1, 0.15) is 12.4 Å². The lowest BCUT2D eigenvalue weighted by molar-refractivity contribution is 0.0730. The number of nitrogens with one attached hydrogen (secondary N) is 1. The Balaban J connectivity index is 1.30. The van der Waals surface area contributed by atoms with Gasteiger partial charge in [0.2, 0.25) is 20.0 Å². The average Bonchev–Trinajstić information content (AvgIpc) is 3.44. The average molecular weight is 538 g/mol. The van der Waals surface area contributed by atoms with E-state index in [0.29, 0.717) is 50.7 Å². The van der Waals surface area contributed by atoms with Crippen LogP contribution in [0.3, 0.4) is 0 Å². The van der Waals surface area contributed by atoms with Crippen molar-refractivity contribution >= 4 is 26.0 Å². The van der Waals surface area contributed by atoms with E-state index in [-0.39, 0.29) is 28.5 Å². The number of nitrogens with zero attached hydrogens (tertiary/aromatic N) is 2. The fourth-order valence-electron chi connectivity index (χ4n) is 4.17. The molecule has 0 saturated carbocycles. The Morgan fingerprint density at radius 2 is 1.56 bits per heavy atom. The normalized spacial score (nSPS) is 17.7. The molecule has 36 heavy (non-hydrogen) atoms. The van der Waals surface area contributed by atoms with Crippen LogP contribution >= 0.6 is 0 Å². The highest BCUT2D eigenvalue weighted by molar-refractivity contribution is 7.89. The van der Waals surface area contributed by atoms with E-state index in [0.717, 1.165) is 12.8 Å². The summed E-state index contributed by atoms with van der Waals surface area (Å²) in [5, 5.41) is 2.73. The van der Waals surface area contributed by atoms with E-state index < -0.39 is 26.0 Å². The highest BCUT2D eigenvalue weighted by Gasteiger charge is 2.29. The van der Waals surface area contributed by atoms with Gasteiger partial charge in [-0.3, -0.25) is 4.79 Å². The number of ether oxygens (including phenoxy) is 2. The number of sulfonamides is 2. The molecule has 2 aromatic carbocycles. The van der Waals surface area contributed by atoms with Crippen LogP contribution in [0.4, 0.5) is 0 Å². The number of aryl methyl sites for hydroxylation is 1. The minimum atomic E-state index is -3.63. The molecule has 10 nitrogen and oxygen atoms in total. The van der Waals surface area contributed by atoms with Crippen LogP contribution in [-0.2, 0) is 24.8 Å². The second-order valence-corrected chi connectivity index (χ2v) is 12.5. The van der Waals surface area contributed by atoms with Crippen molar-refractivity contribution in [3.8, 4) is 5.75 Å². The lowest BCUT2D eigenvalue weighted by Crippen LogP contribution is -2.40. The zero-order valence-electron chi connectivity index (χ0n) is 20.2. The lowest BCUT2D eigenvalue weighted by Gasteiger charge is -2.26. The summed E-state index contributed by atoms with van der Waals surface area (Å²) in [6.45, 7) is 4.47. The summed E-state index contributed by atoms with van der Waals surface area (Å²) < 4.78 is 65.0. The predicted molar refractivity (Wildman–Crippen MR) is 133 cm³/mol. The molecule has 12 heteroatoms. The summed E-state index contributed by atoms with van der Waals surface area (Å²) in [5.41, 5.74) is 0.858. The first-order valence-electron chi connectivity index (χ1n) is 11.9. The van der Waals surface area contributed by atoms with Gasteiger partial charge in [-0.1, -0.05) is 6.07 Å². The van der Waals surface area contributed by atoms with Crippen molar-refractivity contribution in [2.24, 2.45) is 0 Å². The zero-order chi connectivity index (χ0) is 25.8. The SMILES string of the molecule is Cc1ccc(C(=O)NCCOc2ccc(S(=O)(=O)N3CCOCC3)cc2)cc1S(=O)(=O)N1CCCC1. The molecule has 2 aliphatic heterocycles. The molecule has 0 atom stereocenters. The minimum Gasteiger partial charge on any atom is -0.492 e. The van der Waals surface area contributed by atoms with Gasteiger partial charge in [0, 0.05) is 31.7 Å². The van der Waals surface area contributed by atoms with Crippen LogP contribution in [0.5, 0.6) is 5.75 Å². The van der Waals surface area contributed by atoms with E-state index in [1.165, 1.54) is 26.8 Å². The maximum Gasteiger partial charge on any atom is 0.251 e. The molecule has 1 amide bonds. The van der Waals surface area contributed by atoms with Gasteiger partial charge in [0.25, 0.3) is 5.91 Å². The molecule has 1 N–H and O–H groups in total. The predicted octanol–water partition coefficient (Wildman–Crippen LogP) is 1.61. The van der Waals surface area contributed by atoms with Crippen molar-refractivity contribution in [2.75, 3.05) is 52.5 Å². The van der Waals surface area contributed by atoms with Crippen LogP contribution < -0.4 is 10.1 Å². The largest absolute Gasteiger partial charge is 0.492 e. The second-order valence-electron chi connectivity index (χ2n) is 8.68. The molecular formula is C24H31N3O7S2. The van der Waals surface area contributed by atoms with Gasteiger partial charge in [0.15, 0.2) is 0 Å². The summed E-state index contributed by atoms with van der Waals surface area (Å²) in [6, 6.07) is 10.8. The van der Waals surface area contributed by atoms with Gasteiger partial charge >= 0.3 is 0 Å². The number of morpholine rings is 1. The van der Waals surface area contributed by atoms with E-state index in [9.17, 15) is 21.6 Å². The first kappa shape index (κ1) is 26.6. The Morgan fingerprint density at radius 1 is 0.917 bits per heavy atom. The van der Waals surface area contributed by atoms with Crippen LogP contribution in [-0.4, -0.2) is 83.9 Å². The van der Waals surface area contributed by atoms with Crippen LogP contribution in [0, 0.1) is 6.92 Å². The Hall–Kier alpha value is -2.51. The first-order valence-corrected chi connectivity index (χ1v) is 14.8. The topological polar surface area (TPSA) is 122 Å². The molecule has 2 aromatic rings. The van der Waals surface area contributed by atoms with Gasteiger partial charge in [-0.15, -0.1) is 0 Å². The third-order valence-electron chi connectivity index (χ3n) is 6.22. The summed E-state index contributed by atoms with van der Waals surface area (Å²) in [6.07, 6.45) is 1.68. The molecule has 0 radical (unpaired) electrons. The maximum atomic E-state index is 13.0. The molecule has 0 aliphatic carbocycles. The van der Waals surface area contributed by atoms with E-state index in [1.807, 2.05) is 0 Å². The fraction of sp³-hybridized carbons (Fsp3) is 0.458. The number of benzene rings is 2. The number of carbonyl (C=O) groups excluding carboxylic acids is 1. The molecule has 2 heterocycles. The highest BCUT2D eigenvalue weighted by atomic mass is 32.2. The maximum absolute atomic E-state index is 13.0. The Kier molecular flexibility index (Phi) is 8.30. The number of carbonyl (C=O) groups is 1. The molecule has 0 unspecified atom stereocenters. The highest BCUT2D eigenvalue weighted by Crippen LogP contribution is 2.25. The van der Waals surface area contributed by atoms with E-state index in [4.69, 9.17) is 9.47 Å². The fourth-order valence-corrected chi connectivity index (χ4v) is 7.34. The summed E-state index contributed by atoms with van der Waals surface area (Å²) in [5.74, 6) is 0.0722. The third kappa shape index (κ3) is 5.89. The van der Waals surface area contributed by atoms with Crippen molar-refractivity contribution in [1.82, 2.24) is 13.9 Å². The van der Waals surface area contributed by atoms with E-state index >= 15 is 0 Å². The van der Waals surface area contributed by atoms with Gasteiger partial charge in [-0.2, -0.15) is 8.61 Å². The summed E-state index contributed by atoms with van der Waals surface area (Å²) in [4.78, 5) is 13.0. The van der Waals surface area contributed by atoms with Gasteiger partial charge in [-0.25, -0.2) is 16.8 Å². The molecule has 2 saturated heterocycles. The number of hydrogen-bond donors (Lipinski definition) is 1. The van der Waals surface area contributed by atoms with Crippen molar-refractivity contribution in [1.29, 1.82) is 0 Å². The van der Waals surface area contributed by atoms with Crippen LogP contribution in [0.25, 0.3) is 0 Å². The quantitative estimate of drug-likeness (QED) is 0.482. The number of amides is 1. The molecule has 0 aromatic heterocycles. The third-order valence-corrected chi connectivity index (χ3v) is 10.2. The second kappa shape index (κ2) is 11.3. The van der Waals surface area contributed by atoms with Crippen molar-refractivity contribution in [3.05, 3.63) is 53.6 Å². The minimum absolute atomic E-state index is 0.153. The van der Waals surface area contributed by atoms with Crippen molar-refractivity contribution < 1.29 is 31.1 Å². The van der Waals surface area contributed by atoms with Crippen molar-refractivity contribution in [3.63, 3.8) is 0 Å². The summed E-state index contributed by atoms with van der Waals surface area (Å²) in [7, 11) is -7.21. The molecule has 0 spiro atoms. The molecular weight excluding hydrogens is 506 g/mol. The number of rotatable bonds is 9. The Morgan fingerprint density at radius 3 is 2.22 bits per heavy atom. The first-order chi connectivity index (χ1) is 17.2. The Labute approximate surface area is 212 Å². The van der Waals surface area contributed by atoms with Gasteiger partial charge in [0.05, 0.1) is 29.5 Å². The molecule has 4 rings (SSSR count). The smallest absolute Gasteiger partial charge is 0.251 e. The summed E-state index contributed by atoms with van der Waals surface area (Å²) >= 11 is 0. The van der Waals surface area contributed by atoms with E-state index in [2.05, 4.69) is 5.32 Å². The van der Waals surface area contributed by atoms with Crippen LogP contribution in [0.2, 0.25) is 0 Å². The standard InChI is InChI=1S/C24H31N3O7S2/c1-19-4-5-20(18-23(19)36(31,32)26-11-2-3-12-26)24(28)25-10-15-34-21-6-8-22(9-7-21)35(29,30)27-13-16-33-17-14-27/h4-9,18H,2-3,10-17H2,1H3,(H,25,28). The molecule has 196 valence electrons. The zero-order valence-corrected chi connectivity index (χ0v) is 21.8. The van der Waals surface area contributed by atoms with E-state index in [1.54, 1.807) is 31.2 Å². The van der Waals surface area contributed by atoms with Crippen LogP contribution in [0.1, 0.15) is 28.8 Å². The molecule has 0 bridgehead atoms. The van der Waals surface area contributed by atoms with Gasteiger partial charge in [-0.05, 0) is 61.7 Å². The molecule has 2 aliphatic rings. The lowest BCUT2D eigenvalue weighted by atomic mass is 10.1. The monoisotopic (exact) mass is 537 g/mol. The van der Waals surface area contributed by atoms with Gasteiger partial charge < -0.3 is 14.8 Å². The molecule has 2 fully saturated rings. The van der Waals surface area contributed by atoms with Crippen molar-refractivity contribution in [2.45, 2.75) is 29.6 Å². The van der Waals surface area contributed by atoms with Crippen LogP contribution in [0.15, 0.2) is 52.3 Å².